The molecule has 23 heavy (non-hydrogen) atoms. The Labute approximate surface area is 162 Å². The molecule has 0 N–H and O–H groups in total. The molecule has 4 saturated carbocycles. The van der Waals surface area contributed by atoms with Crippen LogP contribution in [0.5, 0.6) is 0 Å². The molecule has 4 aliphatic rings. The second-order valence-electron chi connectivity index (χ2n) is 6.71. The topological polar surface area (TPSA) is 0 Å². The molecule has 4 fully saturated rings. The van der Waals surface area contributed by atoms with Gasteiger partial charge >= 0.3 is 37.9 Å². The van der Waals surface area contributed by atoms with E-state index >= 15 is 0 Å². The zero-order valence-corrected chi connectivity index (χ0v) is 17.6. The Hall–Kier alpha value is 1.46. The summed E-state index contributed by atoms with van der Waals surface area (Å²) in [6.07, 6.45) is 23.0. The summed E-state index contributed by atoms with van der Waals surface area (Å²) >= 11 is -0.826. The van der Waals surface area contributed by atoms with Gasteiger partial charge in [0.15, 0.2) is 0 Å². The zero-order valence-electron chi connectivity index (χ0n) is 13.6. The van der Waals surface area contributed by atoms with Crippen LogP contribution in [-0.4, -0.2) is 0 Å². The summed E-state index contributed by atoms with van der Waals surface area (Å²) < 4.78 is 0. The molecule has 0 atom stereocenters. The summed E-state index contributed by atoms with van der Waals surface area (Å²) in [4.78, 5) is 0. The fourth-order valence-corrected chi connectivity index (χ4v) is 4.30. The average molecular weight is 427 g/mol. The van der Waals surface area contributed by atoms with Crippen LogP contribution < -0.4 is 0 Å². The third-order valence-corrected chi connectivity index (χ3v) is 5.43. The second kappa shape index (κ2) is 9.97. The molecule has 10 radical (unpaired) electrons. The third-order valence-electron chi connectivity index (χ3n) is 5.43. The van der Waals surface area contributed by atoms with E-state index in [0.29, 0.717) is 0 Å². The quantitative estimate of drug-likeness (QED) is 0.478. The van der Waals surface area contributed by atoms with Gasteiger partial charge < -0.3 is 0 Å². The molecule has 0 aromatic carbocycles. The number of hydrogen-bond acceptors (Lipinski definition) is 0. The van der Waals surface area contributed by atoms with Gasteiger partial charge in [0, 0.05) is 0 Å². The van der Waals surface area contributed by atoms with Gasteiger partial charge in [0.2, 0.25) is 0 Å². The Morgan fingerprint density at radius 3 is 1.48 bits per heavy atom. The molecule has 0 aromatic heterocycles. The van der Waals surface area contributed by atoms with E-state index in [1.807, 2.05) is 0 Å². The molecule has 0 amide bonds. The predicted molar refractivity (Wildman–Crippen MR) is 94.5 cm³/mol. The van der Waals surface area contributed by atoms with Crippen LogP contribution in [0.2, 0.25) is 0 Å². The number of halogens is 2. The SMILES string of the molecule is [CH]1[CH][C](CC[C]2[CH][CH][C]3CCCC[C]32)[C]2CCCC[C]12.[Cl][Zr][Cl]. The third kappa shape index (κ3) is 5.01. The first-order valence-electron chi connectivity index (χ1n) is 8.82. The van der Waals surface area contributed by atoms with Crippen molar-refractivity contribution in [2.75, 3.05) is 0 Å². The Morgan fingerprint density at radius 1 is 0.652 bits per heavy atom. The van der Waals surface area contributed by atoms with E-state index in [1.165, 1.54) is 64.2 Å². The van der Waals surface area contributed by atoms with Crippen LogP contribution in [-0.2, 0) is 20.8 Å². The molecule has 0 aromatic rings. The predicted octanol–water partition coefficient (Wildman–Crippen LogP) is 6.58. The van der Waals surface area contributed by atoms with Gasteiger partial charge in [-0.25, -0.2) is 0 Å². The average Bonchev–Trinajstić information content (AvgIpc) is 3.18. The van der Waals surface area contributed by atoms with Crippen LogP contribution >= 0.6 is 17.0 Å². The molecule has 0 bridgehead atoms. The van der Waals surface area contributed by atoms with Crippen LogP contribution in [0.1, 0.15) is 64.2 Å². The molecular formula is C20H24Cl2Zr. The van der Waals surface area contributed by atoms with Crippen LogP contribution in [0.25, 0.3) is 0 Å². The van der Waals surface area contributed by atoms with Crippen LogP contribution in [0.3, 0.4) is 0 Å². The minimum absolute atomic E-state index is 0.826. The van der Waals surface area contributed by atoms with Crippen molar-refractivity contribution in [1.82, 2.24) is 0 Å². The molecule has 3 heteroatoms. The zero-order chi connectivity index (χ0) is 16.1. The fourth-order valence-electron chi connectivity index (χ4n) is 4.30. The van der Waals surface area contributed by atoms with Gasteiger partial charge in [-0.2, -0.15) is 0 Å². The van der Waals surface area contributed by atoms with Crippen molar-refractivity contribution in [1.29, 1.82) is 0 Å². The molecular weight excluding hydrogens is 402 g/mol. The number of fused-ring (bicyclic) bond motifs is 2. The Bertz CT molecular complexity index is 317. The van der Waals surface area contributed by atoms with Crippen molar-refractivity contribution in [3.63, 3.8) is 0 Å². The Morgan fingerprint density at radius 2 is 1.04 bits per heavy atom. The molecule has 0 unspecified atom stereocenters. The van der Waals surface area contributed by atoms with E-state index in [9.17, 15) is 0 Å². The van der Waals surface area contributed by atoms with Crippen molar-refractivity contribution in [3.05, 3.63) is 61.2 Å². The second-order valence-corrected chi connectivity index (χ2v) is 10.4. The summed E-state index contributed by atoms with van der Waals surface area (Å²) in [5.74, 6) is 10.00. The number of rotatable bonds is 3. The van der Waals surface area contributed by atoms with Gasteiger partial charge in [0.1, 0.15) is 0 Å². The first-order chi connectivity index (χ1) is 11.3. The monoisotopic (exact) mass is 424 g/mol. The van der Waals surface area contributed by atoms with Gasteiger partial charge in [0.25, 0.3) is 0 Å². The summed E-state index contributed by atoms with van der Waals surface area (Å²) in [5, 5.41) is 0. The maximum atomic E-state index is 4.93. The van der Waals surface area contributed by atoms with E-state index in [2.05, 4.69) is 25.7 Å². The van der Waals surface area contributed by atoms with Crippen molar-refractivity contribution in [2.45, 2.75) is 64.2 Å². The van der Waals surface area contributed by atoms with Gasteiger partial charge in [-0.1, -0.05) is 25.7 Å². The number of hydrogen-bond donors (Lipinski definition) is 0. The van der Waals surface area contributed by atoms with Crippen molar-refractivity contribution < 1.29 is 20.8 Å². The molecule has 4 rings (SSSR count). The normalized spacial score (nSPS) is 28.3. The van der Waals surface area contributed by atoms with Gasteiger partial charge in [-0.3, -0.25) is 0 Å². The molecule has 122 valence electrons. The molecule has 4 aliphatic carbocycles. The Balaban J connectivity index is 0.000000485. The van der Waals surface area contributed by atoms with Crippen molar-refractivity contribution in [3.8, 4) is 0 Å². The fraction of sp³-hybridized carbons (Fsp3) is 0.500. The Kier molecular flexibility index (Phi) is 8.33. The molecule has 0 heterocycles. The molecule has 0 spiro atoms. The first-order valence-corrected chi connectivity index (χ1v) is 15.2. The van der Waals surface area contributed by atoms with Gasteiger partial charge in [0.05, 0.1) is 0 Å². The molecule has 0 saturated heterocycles. The van der Waals surface area contributed by atoms with Gasteiger partial charge in [-0.15, -0.1) is 0 Å². The van der Waals surface area contributed by atoms with Gasteiger partial charge in [-0.05, 0) is 99.7 Å². The molecule has 0 nitrogen and oxygen atoms in total. The van der Waals surface area contributed by atoms with Crippen molar-refractivity contribution >= 4 is 17.0 Å². The summed E-state index contributed by atoms with van der Waals surface area (Å²) in [6.45, 7) is 0. The van der Waals surface area contributed by atoms with E-state index in [0.717, 1.165) is 0 Å². The van der Waals surface area contributed by atoms with Crippen molar-refractivity contribution in [2.24, 2.45) is 0 Å². The summed E-state index contributed by atoms with van der Waals surface area (Å²) in [5.41, 5.74) is 0. The summed E-state index contributed by atoms with van der Waals surface area (Å²) in [7, 11) is 9.87. The maximum absolute atomic E-state index is 4.93. The molecule has 0 aliphatic heterocycles. The van der Waals surface area contributed by atoms with E-state index in [-0.39, 0.29) is 0 Å². The minimum atomic E-state index is -0.826. The van der Waals surface area contributed by atoms with E-state index in [4.69, 9.17) is 17.0 Å². The van der Waals surface area contributed by atoms with Crippen LogP contribution in [0.4, 0.5) is 0 Å². The van der Waals surface area contributed by atoms with E-state index < -0.39 is 20.8 Å². The van der Waals surface area contributed by atoms with E-state index in [1.54, 1.807) is 35.5 Å². The van der Waals surface area contributed by atoms with Crippen LogP contribution in [0, 0.1) is 61.2 Å². The summed E-state index contributed by atoms with van der Waals surface area (Å²) in [6, 6.07) is 0. The van der Waals surface area contributed by atoms with Crippen LogP contribution in [0.15, 0.2) is 0 Å². The standard InChI is InChI=1S/C20H24.2ClH.Zr/c1-3-7-19-15(5-1)9-11-17(19)13-14-18-12-10-16-6-2-4-8-20(16)18;;;/h9-12H,1-8,13-14H2;2*1H;/q;;;+2/p-2. The first kappa shape index (κ1) is 19.2.